The van der Waals surface area contributed by atoms with Crippen molar-refractivity contribution in [2.75, 3.05) is 26.2 Å². The van der Waals surface area contributed by atoms with E-state index in [0.29, 0.717) is 0 Å². The van der Waals surface area contributed by atoms with Crippen LogP contribution < -0.4 is 5.32 Å². The molecule has 1 aliphatic rings. The summed E-state index contributed by atoms with van der Waals surface area (Å²) in [5.74, 6) is 1.55. The van der Waals surface area contributed by atoms with E-state index in [4.69, 9.17) is 4.52 Å². The Kier molecular flexibility index (Phi) is 3.69. The van der Waals surface area contributed by atoms with Crippen molar-refractivity contribution in [1.82, 2.24) is 20.4 Å². The third kappa shape index (κ3) is 3.00. The van der Waals surface area contributed by atoms with Crippen LogP contribution >= 0.6 is 0 Å². The van der Waals surface area contributed by atoms with Crippen LogP contribution in [0.1, 0.15) is 25.1 Å². The van der Waals surface area contributed by atoms with Crippen molar-refractivity contribution in [3.63, 3.8) is 0 Å². The maximum absolute atomic E-state index is 5.18. The van der Waals surface area contributed by atoms with Gasteiger partial charge in [-0.2, -0.15) is 4.98 Å². The Labute approximate surface area is 89.8 Å². The normalized spacial score (nSPS) is 19.0. The third-order valence-electron chi connectivity index (χ3n) is 2.62. The molecule has 0 spiro atoms. The Bertz CT molecular complexity index is 291. The number of aromatic nitrogens is 2. The Morgan fingerprint density at radius 3 is 3.13 bits per heavy atom. The molecule has 0 unspecified atom stereocenters. The molecule has 2 heterocycles. The number of hydrogen-bond donors (Lipinski definition) is 1. The molecule has 1 aliphatic heterocycles. The van der Waals surface area contributed by atoms with E-state index in [0.717, 1.165) is 50.9 Å². The van der Waals surface area contributed by atoms with E-state index >= 15 is 0 Å². The minimum absolute atomic E-state index is 0.744. The molecular weight excluding hydrogens is 192 g/mol. The lowest BCUT2D eigenvalue weighted by molar-refractivity contribution is 0.238. The van der Waals surface area contributed by atoms with E-state index in [1.807, 2.05) is 6.92 Å². The van der Waals surface area contributed by atoms with Crippen LogP contribution in [0.25, 0.3) is 0 Å². The fourth-order valence-corrected chi connectivity index (χ4v) is 1.75. The lowest BCUT2D eigenvalue weighted by Gasteiger charge is -2.16. The molecule has 0 amide bonds. The third-order valence-corrected chi connectivity index (χ3v) is 2.62. The zero-order chi connectivity index (χ0) is 10.5. The summed E-state index contributed by atoms with van der Waals surface area (Å²) in [5, 5.41) is 7.27. The van der Waals surface area contributed by atoms with Gasteiger partial charge in [-0.1, -0.05) is 12.1 Å². The van der Waals surface area contributed by atoms with Crippen LogP contribution in [-0.2, 0) is 13.0 Å². The van der Waals surface area contributed by atoms with Gasteiger partial charge in [0, 0.05) is 19.5 Å². The van der Waals surface area contributed by atoms with Gasteiger partial charge in [-0.3, -0.25) is 4.90 Å². The van der Waals surface area contributed by atoms with Gasteiger partial charge in [0.2, 0.25) is 5.89 Å². The summed E-state index contributed by atoms with van der Waals surface area (Å²) in [6.07, 6.45) is 2.03. The van der Waals surface area contributed by atoms with Gasteiger partial charge in [-0.05, 0) is 19.5 Å². The van der Waals surface area contributed by atoms with Crippen LogP contribution in [-0.4, -0.2) is 41.2 Å². The van der Waals surface area contributed by atoms with Crippen LogP contribution in [0, 0.1) is 0 Å². The molecule has 5 heteroatoms. The summed E-state index contributed by atoms with van der Waals surface area (Å²) in [6.45, 7) is 7.15. The number of nitrogens with zero attached hydrogens (tertiary/aromatic N) is 3. The van der Waals surface area contributed by atoms with Crippen LogP contribution in [0.2, 0.25) is 0 Å². The fourth-order valence-electron chi connectivity index (χ4n) is 1.75. The molecule has 1 N–H and O–H groups in total. The number of aryl methyl sites for hydroxylation is 1. The maximum atomic E-state index is 5.18. The van der Waals surface area contributed by atoms with E-state index in [1.54, 1.807) is 0 Å². The standard InChI is InChI=1S/C10H18N4O/c1-2-9-12-10(15-13-9)8-14-6-3-4-11-5-7-14/h11H,2-8H2,1H3. The van der Waals surface area contributed by atoms with Crippen molar-refractivity contribution >= 4 is 0 Å². The van der Waals surface area contributed by atoms with E-state index < -0.39 is 0 Å². The Morgan fingerprint density at radius 2 is 2.33 bits per heavy atom. The van der Waals surface area contributed by atoms with Crippen molar-refractivity contribution in [2.24, 2.45) is 0 Å². The second kappa shape index (κ2) is 5.23. The molecule has 1 aromatic rings. The minimum atomic E-state index is 0.744. The van der Waals surface area contributed by atoms with Crippen LogP contribution in [0.5, 0.6) is 0 Å². The molecule has 0 bridgehead atoms. The molecule has 1 aromatic heterocycles. The van der Waals surface area contributed by atoms with E-state index in [2.05, 4.69) is 20.4 Å². The smallest absolute Gasteiger partial charge is 0.240 e. The second-order valence-electron chi connectivity index (χ2n) is 3.84. The number of rotatable bonds is 3. The van der Waals surface area contributed by atoms with Crippen molar-refractivity contribution < 1.29 is 4.52 Å². The molecule has 15 heavy (non-hydrogen) atoms. The summed E-state index contributed by atoms with van der Waals surface area (Å²) in [5.41, 5.74) is 0. The number of hydrogen-bond acceptors (Lipinski definition) is 5. The summed E-state index contributed by atoms with van der Waals surface area (Å²) in [6, 6.07) is 0. The zero-order valence-electron chi connectivity index (χ0n) is 9.20. The van der Waals surface area contributed by atoms with Crippen molar-refractivity contribution in [2.45, 2.75) is 26.3 Å². The van der Waals surface area contributed by atoms with E-state index in [9.17, 15) is 0 Å². The molecule has 84 valence electrons. The average Bonchev–Trinajstić information content (AvgIpc) is 2.54. The van der Waals surface area contributed by atoms with Gasteiger partial charge in [0.25, 0.3) is 0 Å². The first-order valence-electron chi connectivity index (χ1n) is 5.63. The molecule has 1 saturated heterocycles. The van der Waals surface area contributed by atoms with Gasteiger partial charge < -0.3 is 9.84 Å². The predicted octanol–water partition coefficient (Wildman–Crippen LogP) is 0.427. The first-order valence-corrected chi connectivity index (χ1v) is 5.63. The van der Waals surface area contributed by atoms with Crippen molar-refractivity contribution in [3.8, 4) is 0 Å². The van der Waals surface area contributed by atoms with Gasteiger partial charge in [-0.15, -0.1) is 0 Å². The monoisotopic (exact) mass is 210 g/mol. The summed E-state index contributed by atoms with van der Waals surface area (Å²) in [7, 11) is 0. The first-order chi connectivity index (χ1) is 7.38. The van der Waals surface area contributed by atoms with Gasteiger partial charge in [0.05, 0.1) is 6.54 Å². The zero-order valence-corrected chi connectivity index (χ0v) is 9.20. The van der Waals surface area contributed by atoms with Crippen LogP contribution in [0.4, 0.5) is 0 Å². The van der Waals surface area contributed by atoms with E-state index in [-0.39, 0.29) is 0 Å². The highest BCUT2D eigenvalue weighted by molar-refractivity contribution is 4.86. The second-order valence-corrected chi connectivity index (χ2v) is 3.84. The highest BCUT2D eigenvalue weighted by Crippen LogP contribution is 2.04. The molecule has 2 rings (SSSR count). The quantitative estimate of drug-likeness (QED) is 0.784. The Morgan fingerprint density at radius 1 is 1.40 bits per heavy atom. The molecule has 1 fully saturated rings. The molecule has 0 aromatic carbocycles. The average molecular weight is 210 g/mol. The minimum Gasteiger partial charge on any atom is -0.338 e. The van der Waals surface area contributed by atoms with Crippen LogP contribution in [0.3, 0.4) is 0 Å². The molecule has 0 aliphatic carbocycles. The SMILES string of the molecule is CCc1noc(CN2CCCNCC2)n1. The van der Waals surface area contributed by atoms with Gasteiger partial charge in [0.1, 0.15) is 0 Å². The van der Waals surface area contributed by atoms with Crippen LogP contribution in [0.15, 0.2) is 4.52 Å². The summed E-state index contributed by atoms with van der Waals surface area (Å²) < 4.78 is 5.18. The maximum Gasteiger partial charge on any atom is 0.240 e. The highest BCUT2D eigenvalue weighted by Gasteiger charge is 2.12. The fraction of sp³-hybridized carbons (Fsp3) is 0.800. The van der Waals surface area contributed by atoms with Crippen molar-refractivity contribution in [3.05, 3.63) is 11.7 Å². The Balaban J connectivity index is 1.89. The predicted molar refractivity (Wildman–Crippen MR) is 56.4 cm³/mol. The van der Waals surface area contributed by atoms with E-state index in [1.165, 1.54) is 6.42 Å². The molecule has 0 atom stereocenters. The lowest BCUT2D eigenvalue weighted by Crippen LogP contribution is -2.27. The Hall–Kier alpha value is -0.940. The largest absolute Gasteiger partial charge is 0.338 e. The highest BCUT2D eigenvalue weighted by atomic mass is 16.5. The first kappa shape index (κ1) is 10.6. The lowest BCUT2D eigenvalue weighted by atomic mass is 10.4. The van der Waals surface area contributed by atoms with Gasteiger partial charge in [-0.25, -0.2) is 0 Å². The molecule has 5 nitrogen and oxygen atoms in total. The topological polar surface area (TPSA) is 54.2 Å². The van der Waals surface area contributed by atoms with Gasteiger partial charge in [0.15, 0.2) is 5.82 Å². The molecule has 0 radical (unpaired) electrons. The molecule has 0 saturated carbocycles. The molecular formula is C10H18N4O. The number of nitrogens with one attached hydrogen (secondary N) is 1. The summed E-state index contributed by atoms with van der Waals surface area (Å²) in [4.78, 5) is 6.67. The van der Waals surface area contributed by atoms with Gasteiger partial charge >= 0.3 is 0 Å². The van der Waals surface area contributed by atoms with Crippen molar-refractivity contribution in [1.29, 1.82) is 0 Å². The summed E-state index contributed by atoms with van der Waals surface area (Å²) >= 11 is 0.